The molecule has 8 rings (SSSR count). The SMILES string of the molecule is CCOP(=O)(CP(=O)(OCC)OC[C@H]1O[C@@H](n2cnc3c(N)ncnc32)C(On2nnc3ccccc32)[C@H]1On1nnc2ccccc21)OC[C@@H]1OC(OC(C)=O)C(C)C1OC(C)=O. The molecular formula is C37H45N11O14P2. The number of carbonyl (C=O) groups excluding carboxylic acids is 2. The van der Waals surface area contributed by atoms with Gasteiger partial charge in [0.15, 0.2) is 29.7 Å². The second kappa shape index (κ2) is 18.8. The van der Waals surface area contributed by atoms with Gasteiger partial charge in [-0.25, -0.2) is 15.0 Å². The van der Waals surface area contributed by atoms with Crippen molar-refractivity contribution in [2.24, 2.45) is 5.92 Å². The number of hydrogen-bond acceptors (Lipinski definition) is 22. The van der Waals surface area contributed by atoms with Crippen molar-refractivity contribution in [2.75, 3.05) is 38.1 Å². The number of ether oxygens (including phenoxy) is 4. The first-order chi connectivity index (χ1) is 30.8. The van der Waals surface area contributed by atoms with Crippen molar-refractivity contribution in [3.8, 4) is 0 Å². The van der Waals surface area contributed by atoms with E-state index in [1.54, 1.807) is 73.9 Å². The molecule has 4 aromatic heterocycles. The number of fused-ring (bicyclic) bond motifs is 3. The number of imidazole rings is 1. The molecule has 6 unspecified atom stereocenters. The number of anilines is 1. The van der Waals surface area contributed by atoms with E-state index in [2.05, 4.69) is 35.6 Å². The van der Waals surface area contributed by atoms with Crippen molar-refractivity contribution in [1.82, 2.24) is 49.8 Å². The summed E-state index contributed by atoms with van der Waals surface area (Å²) < 4.78 is 77.3. The highest BCUT2D eigenvalue weighted by Gasteiger charge is 2.53. The van der Waals surface area contributed by atoms with Crippen LogP contribution in [0.1, 0.15) is 40.8 Å². The van der Waals surface area contributed by atoms with Gasteiger partial charge in [-0.2, -0.15) is 0 Å². The number of rotatable bonds is 19. The molecule has 10 atom stereocenters. The van der Waals surface area contributed by atoms with Crippen LogP contribution in [0, 0.1) is 5.92 Å². The molecule has 0 aliphatic carbocycles. The summed E-state index contributed by atoms with van der Waals surface area (Å²) in [6.07, 6.45) is -5.06. The molecule has 0 saturated carbocycles. The third kappa shape index (κ3) is 9.42. The Balaban J connectivity index is 1.11. The van der Waals surface area contributed by atoms with E-state index in [9.17, 15) is 18.7 Å². The molecule has 0 amide bonds. The van der Waals surface area contributed by atoms with Gasteiger partial charge in [0.1, 0.15) is 52.2 Å². The van der Waals surface area contributed by atoms with Crippen LogP contribution in [-0.4, -0.2) is 131 Å². The minimum Gasteiger partial charge on any atom is -0.459 e. The lowest BCUT2D eigenvalue weighted by Crippen LogP contribution is -2.48. The van der Waals surface area contributed by atoms with Crippen LogP contribution < -0.4 is 15.4 Å². The van der Waals surface area contributed by atoms with Crippen LogP contribution in [0.4, 0.5) is 5.82 Å². The van der Waals surface area contributed by atoms with Crippen LogP contribution in [0.5, 0.6) is 0 Å². The first-order valence-electron chi connectivity index (χ1n) is 20.1. The van der Waals surface area contributed by atoms with Crippen molar-refractivity contribution < 1.29 is 65.4 Å². The number of esters is 2. The Morgan fingerprint density at radius 3 is 1.88 bits per heavy atom. The summed E-state index contributed by atoms with van der Waals surface area (Å²) >= 11 is 0. The van der Waals surface area contributed by atoms with Gasteiger partial charge in [0.05, 0.1) is 38.7 Å². The normalized spacial score (nSPS) is 25.3. The fourth-order valence-electron chi connectivity index (χ4n) is 7.34. The predicted molar refractivity (Wildman–Crippen MR) is 220 cm³/mol. The van der Waals surface area contributed by atoms with E-state index in [0.717, 1.165) is 0 Å². The first-order valence-corrected chi connectivity index (χ1v) is 23.5. The van der Waals surface area contributed by atoms with E-state index in [4.69, 9.17) is 52.5 Å². The molecule has 25 nitrogen and oxygen atoms in total. The summed E-state index contributed by atoms with van der Waals surface area (Å²) in [4.78, 5) is 52.2. The molecule has 2 aliphatic rings. The molecule has 64 heavy (non-hydrogen) atoms. The van der Waals surface area contributed by atoms with Crippen LogP contribution in [0.3, 0.4) is 0 Å². The summed E-state index contributed by atoms with van der Waals surface area (Å²) in [6.45, 7) is 5.91. The maximum absolute atomic E-state index is 14.7. The molecule has 2 N–H and O–H groups in total. The van der Waals surface area contributed by atoms with Gasteiger partial charge in [0.25, 0.3) is 0 Å². The summed E-state index contributed by atoms with van der Waals surface area (Å²) in [5, 5.41) is 16.9. The number of benzene rings is 2. The third-order valence-electron chi connectivity index (χ3n) is 10.1. The van der Waals surface area contributed by atoms with Crippen LogP contribution in [0.2, 0.25) is 0 Å². The van der Waals surface area contributed by atoms with Gasteiger partial charge in [-0.05, 0) is 48.5 Å². The number of para-hydroxylation sites is 2. The molecule has 6 aromatic rings. The zero-order valence-corrected chi connectivity index (χ0v) is 36.9. The second-order valence-electron chi connectivity index (χ2n) is 14.6. The van der Waals surface area contributed by atoms with E-state index < -0.39 is 95.2 Å². The smallest absolute Gasteiger partial charge is 0.342 e. The average molecular weight is 930 g/mol. The summed E-state index contributed by atoms with van der Waals surface area (Å²) in [7, 11) is -8.82. The molecule has 2 fully saturated rings. The van der Waals surface area contributed by atoms with Crippen LogP contribution >= 0.6 is 15.2 Å². The highest BCUT2D eigenvalue weighted by atomic mass is 31.2. The minimum atomic E-state index is -4.44. The monoisotopic (exact) mass is 929 g/mol. The number of nitrogens with two attached hydrogens (primary N) is 1. The lowest BCUT2D eigenvalue weighted by Gasteiger charge is -2.27. The van der Waals surface area contributed by atoms with Crippen molar-refractivity contribution in [1.29, 1.82) is 0 Å². The molecule has 27 heteroatoms. The molecule has 0 bridgehead atoms. The molecule has 2 aromatic carbocycles. The van der Waals surface area contributed by atoms with Gasteiger partial charge in [0, 0.05) is 13.8 Å². The van der Waals surface area contributed by atoms with Crippen molar-refractivity contribution >= 4 is 66.2 Å². The Bertz CT molecular complexity index is 2720. The van der Waals surface area contributed by atoms with Gasteiger partial charge in [0.2, 0.25) is 12.4 Å². The number of aromatic nitrogens is 10. The van der Waals surface area contributed by atoms with Crippen LogP contribution in [0.15, 0.2) is 61.2 Å². The maximum atomic E-state index is 14.7. The Morgan fingerprint density at radius 2 is 1.30 bits per heavy atom. The molecule has 342 valence electrons. The first kappa shape index (κ1) is 44.9. The molecule has 0 radical (unpaired) electrons. The molecular weight excluding hydrogens is 884 g/mol. The third-order valence-corrected chi connectivity index (χ3v) is 15.3. The predicted octanol–water partition coefficient (Wildman–Crippen LogP) is 3.10. The van der Waals surface area contributed by atoms with E-state index in [-0.39, 0.29) is 30.2 Å². The van der Waals surface area contributed by atoms with Crippen molar-refractivity contribution in [2.45, 2.75) is 77.7 Å². The largest absolute Gasteiger partial charge is 0.459 e. The zero-order chi connectivity index (χ0) is 45.2. The van der Waals surface area contributed by atoms with Crippen molar-refractivity contribution in [3.05, 3.63) is 61.2 Å². The molecule has 2 saturated heterocycles. The zero-order valence-electron chi connectivity index (χ0n) is 35.1. The van der Waals surface area contributed by atoms with Gasteiger partial charge >= 0.3 is 27.1 Å². The second-order valence-corrected chi connectivity index (χ2v) is 19.2. The highest BCUT2D eigenvalue weighted by Crippen LogP contribution is 2.64. The van der Waals surface area contributed by atoms with E-state index in [1.807, 2.05) is 0 Å². The highest BCUT2D eigenvalue weighted by molar-refractivity contribution is 7.71. The van der Waals surface area contributed by atoms with Crippen molar-refractivity contribution in [3.63, 3.8) is 0 Å². The number of nitrogen functional groups attached to an aromatic ring is 1. The fourth-order valence-corrected chi connectivity index (χ4v) is 12.0. The van der Waals surface area contributed by atoms with E-state index >= 15 is 0 Å². The molecule has 0 spiro atoms. The lowest BCUT2D eigenvalue weighted by molar-refractivity contribution is -0.180. The van der Waals surface area contributed by atoms with Gasteiger partial charge < -0.3 is 52.5 Å². The van der Waals surface area contributed by atoms with Crippen LogP contribution in [0.25, 0.3) is 33.2 Å². The Kier molecular flexibility index (Phi) is 13.2. The number of hydrogen-bond donors (Lipinski definition) is 1. The maximum Gasteiger partial charge on any atom is 0.342 e. The topological polar surface area (TPSA) is 292 Å². The van der Waals surface area contributed by atoms with Crippen LogP contribution in [-0.2, 0) is 55.8 Å². The Morgan fingerprint density at radius 1 is 0.734 bits per heavy atom. The summed E-state index contributed by atoms with van der Waals surface area (Å²) in [5.74, 6) is -2.63. The Labute approximate surface area is 363 Å². The van der Waals surface area contributed by atoms with Gasteiger partial charge in [-0.1, -0.05) is 40.9 Å². The standard InChI is InChI=1S/C37H45N11O14P2/c1-6-53-63(51,55-16-28-31(57-22(4)49)21(3)37(60-28)58-23(5)50)20-64(52,54-7-2)56-17-29-32(61-47-26-14-10-8-12-24(26)42-44-47)33(62-48-27-15-11-9-13-25(27)43-45-48)36(59-29)46-19-41-30-34(38)39-18-40-35(30)46/h8-15,18-19,21,28-29,31-33,36-37H,6-7,16-17,20H2,1-5H3,(H2,38,39,40)/t21?,28-,29+,31?,32-,33?,36+,37?,63?,64?/m0/s1. The minimum absolute atomic E-state index is 0.113. The molecule has 2 aliphatic heterocycles. The average Bonchev–Trinajstić information content (AvgIpc) is 4.09. The summed E-state index contributed by atoms with van der Waals surface area (Å²) in [5.41, 5.74) is 8.78. The number of nitrogens with zero attached hydrogens (tertiary/aromatic N) is 10. The quantitative estimate of drug-likeness (QED) is 0.0901. The molecule has 6 heterocycles. The summed E-state index contributed by atoms with van der Waals surface area (Å²) in [6, 6.07) is 14.2. The van der Waals surface area contributed by atoms with E-state index in [0.29, 0.717) is 22.1 Å². The van der Waals surface area contributed by atoms with Gasteiger partial charge in [-0.15, -0.1) is 10.2 Å². The van der Waals surface area contributed by atoms with Gasteiger partial charge in [-0.3, -0.25) is 23.3 Å². The number of carbonyl (C=O) groups is 2. The Hall–Kier alpha value is -5.65. The lowest BCUT2D eigenvalue weighted by atomic mass is 10.0. The van der Waals surface area contributed by atoms with E-state index in [1.165, 1.54) is 36.2 Å². The fraction of sp³-hybridized carbons (Fsp3) is 0.486.